The predicted octanol–water partition coefficient (Wildman–Crippen LogP) is 1.58. The third kappa shape index (κ3) is 5.98. The Morgan fingerprint density at radius 1 is 1.06 bits per heavy atom. The highest BCUT2D eigenvalue weighted by atomic mass is 16.5. The number of rotatable bonds is 9. The van der Waals surface area contributed by atoms with Gasteiger partial charge in [-0.05, 0) is 23.8 Å². The van der Waals surface area contributed by atoms with E-state index in [1.54, 1.807) is 12.3 Å². The number of benzene rings is 2. The predicted molar refractivity (Wildman–Crippen MR) is 129 cm³/mol. The van der Waals surface area contributed by atoms with Gasteiger partial charge in [-0.1, -0.05) is 30.3 Å². The number of aromatic nitrogens is 5. The van der Waals surface area contributed by atoms with Crippen LogP contribution in [0.15, 0.2) is 60.8 Å². The summed E-state index contributed by atoms with van der Waals surface area (Å²) >= 11 is 0. The first-order valence-corrected chi connectivity index (χ1v) is 11.4. The highest BCUT2D eigenvalue weighted by Gasteiger charge is 2.19. The summed E-state index contributed by atoms with van der Waals surface area (Å²) in [5.74, 6) is 1.21. The lowest BCUT2D eigenvalue weighted by molar-refractivity contribution is -0.122. The lowest BCUT2D eigenvalue weighted by Gasteiger charge is -2.21. The smallest absolute Gasteiger partial charge is 0.280 e. The maximum absolute atomic E-state index is 12.3. The van der Waals surface area contributed by atoms with Gasteiger partial charge in [-0.15, -0.1) is 20.4 Å². The van der Waals surface area contributed by atoms with E-state index >= 15 is 0 Å². The zero-order valence-corrected chi connectivity index (χ0v) is 19.3. The molecule has 12 nitrogen and oxygen atoms in total. The number of amides is 1. The second kappa shape index (κ2) is 11.3. The van der Waals surface area contributed by atoms with Gasteiger partial charge in [0.05, 0.1) is 12.1 Å². The number of ether oxygens (including phenoxy) is 3. The second-order valence-electron chi connectivity index (χ2n) is 7.87. The molecule has 3 heterocycles. The van der Waals surface area contributed by atoms with Gasteiger partial charge in [-0.3, -0.25) is 20.6 Å². The molecule has 1 amide bonds. The van der Waals surface area contributed by atoms with E-state index in [0.29, 0.717) is 42.6 Å². The number of hydrogen-bond acceptors (Lipinski definition) is 11. The summed E-state index contributed by atoms with van der Waals surface area (Å²) in [4.78, 5) is 16.6. The Morgan fingerprint density at radius 2 is 1.92 bits per heavy atom. The molecule has 184 valence electrons. The van der Waals surface area contributed by atoms with E-state index in [2.05, 4.69) is 41.5 Å². The monoisotopic (exact) mass is 488 g/mol. The Labute approximate surface area is 206 Å². The average Bonchev–Trinajstić information content (AvgIpc) is 2.95. The maximum Gasteiger partial charge on any atom is 0.280 e. The van der Waals surface area contributed by atoms with Crippen molar-refractivity contribution in [2.75, 3.05) is 31.7 Å². The summed E-state index contributed by atoms with van der Waals surface area (Å²) in [6, 6.07) is 17.1. The van der Waals surface area contributed by atoms with Crippen molar-refractivity contribution >= 4 is 22.8 Å². The van der Waals surface area contributed by atoms with Gasteiger partial charge >= 0.3 is 0 Å². The Kier molecular flexibility index (Phi) is 7.35. The van der Waals surface area contributed by atoms with Crippen molar-refractivity contribution in [1.82, 2.24) is 36.1 Å². The number of nitrogens with zero attached hydrogens (tertiary/aromatic N) is 5. The number of carbonyl (C=O) groups excluding carboxylic acids is 1. The van der Waals surface area contributed by atoms with E-state index in [-0.39, 0.29) is 18.7 Å². The van der Waals surface area contributed by atoms with E-state index in [0.717, 1.165) is 17.5 Å². The molecule has 1 atom stereocenters. The van der Waals surface area contributed by atoms with Gasteiger partial charge < -0.3 is 19.5 Å². The first kappa shape index (κ1) is 23.3. The number of nitrogens with one attached hydrogen (secondary N) is 3. The fourth-order valence-corrected chi connectivity index (χ4v) is 3.51. The molecule has 2 aromatic heterocycles. The molecule has 1 aliphatic rings. The minimum absolute atomic E-state index is 0.0493. The highest BCUT2D eigenvalue weighted by Crippen LogP contribution is 2.27. The first-order valence-electron chi connectivity index (χ1n) is 11.4. The molecular weight excluding hydrogens is 464 g/mol. The summed E-state index contributed by atoms with van der Waals surface area (Å²) in [6.45, 7) is 2.16. The number of fused-ring (bicyclic) bond motifs is 1. The van der Waals surface area contributed by atoms with Crippen molar-refractivity contribution in [1.29, 1.82) is 0 Å². The largest absolute Gasteiger partial charge is 0.489 e. The molecule has 1 aliphatic heterocycles. The van der Waals surface area contributed by atoms with Gasteiger partial charge in [-0.2, -0.15) is 0 Å². The van der Waals surface area contributed by atoms with E-state index in [9.17, 15) is 4.79 Å². The van der Waals surface area contributed by atoms with Gasteiger partial charge in [0, 0.05) is 30.7 Å². The quantitative estimate of drug-likeness (QED) is 0.295. The molecule has 4 aromatic rings. The molecule has 1 fully saturated rings. The van der Waals surface area contributed by atoms with Crippen LogP contribution in [0.1, 0.15) is 17.5 Å². The Bertz CT molecular complexity index is 1300. The molecule has 12 heteroatoms. The van der Waals surface area contributed by atoms with Crippen LogP contribution in [0.4, 0.5) is 5.95 Å². The molecule has 1 unspecified atom stereocenters. The molecule has 0 bridgehead atoms. The summed E-state index contributed by atoms with van der Waals surface area (Å²) in [6.07, 6.45) is 1.32. The number of hydrazine groups is 1. The molecular formula is C24H24N8O4. The number of carbonyl (C=O) groups is 1. The number of hydrogen-bond donors (Lipinski definition) is 3. The number of pyridine rings is 1. The third-order valence-electron chi connectivity index (χ3n) is 5.30. The van der Waals surface area contributed by atoms with Gasteiger partial charge in [0.25, 0.3) is 11.9 Å². The highest BCUT2D eigenvalue weighted by molar-refractivity contribution is 5.86. The lowest BCUT2D eigenvalue weighted by atomic mass is 10.2. The summed E-state index contributed by atoms with van der Waals surface area (Å²) in [5.41, 5.74) is 6.80. The van der Waals surface area contributed by atoms with Crippen molar-refractivity contribution in [3.8, 4) is 11.5 Å². The second-order valence-corrected chi connectivity index (χ2v) is 7.87. The zero-order chi connectivity index (χ0) is 24.6. The average molecular weight is 489 g/mol. The number of anilines is 1. The van der Waals surface area contributed by atoms with Gasteiger partial charge in [0.15, 0.2) is 6.61 Å². The summed E-state index contributed by atoms with van der Waals surface area (Å²) in [7, 11) is 0. The molecule has 0 spiro atoms. The van der Waals surface area contributed by atoms with Gasteiger partial charge in [0.1, 0.15) is 24.2 Å². The molecule has 0 radical (unpaired) electrons. The van der Waals surface area contributed by atoms with Gasteiger partial charge in [0.2, 0.25) is 5.82 Å². The zero-order valence-electron chi connectivity index (χ0n) is 19.3. The van der Waals surface area contributed by atoms with E-state index < -0.39 is 5.91 Å². The number of morpholine rings is 1. The molecule has 36 heavy (non-hydrogen) atoms. The minimum atomic E-state index is -0.435. The Hall–Kier alpha value is -4.42. The van der Waals surface area contributed by atoms with Crippen molar-refractivity contribution in [2.24, 2.45) is 0 Å². The summed E-state index contributed by atoms with van der Waals surface area (Å²) < 4.78 is 17.1. The lowest BCUT2D eigenvalue weighted by Crippen LogP contribution is -2.36. The third-order valence-corrected chi connectivity index (χ3v) is 5.30. The van der Waals surface area contributed by atoms with Crippen LogP contribution in [-0.2, 0) is 16.1 Å². The van der Waals surface area contributed by atoms with Crippen molar-refractivity contribution in [2.45, 2.75) is 12.7 Å². The topological polar surface area (TPSA) is 145 Å². The standard InChI is InChI=1S/C24H24N8O4/c33-22(27-30-24-31-28-23(29-32-24)21-13-25-10-11-34-21)15-36-20-8-9-26-19-12-17(6-7-18(19)20)35-14-16-4-2-1-3-5-16/h1-9,12,21,25H,10-11,13-15H2,(H,27,33)(H,30,31,32). The van der Waals surface area contributed by atoms with Crippen LogP contribution in [0.3, 0.4) is 0 Å². The maximum atomic E-state index is 12.3. The molecule has 2 aromatic carbocycles. The fourth-order valence-electron chi connectivity index (χ4n) is 3.51. The Morgan fingerprint density at radius 3 is 2.72 bits per heavy atom. The van der Waals surface area contributed by atoms with Crippen molar-refractivity contribution in [3.63, 3.8) is 0 Å². The first-order chi connectivity index (χ1) is 17.7. The van der Waals surface area contributed by atoms with Gasteiger partial charge in [-0.25, -0.2) is 0 Å². The van der Waals surface area contributed by atoms with Crippen LogP contribution in [0.5, 0.6) is 11.5 Å². The minimum Gasteiger partial charge on any atom is -0.489 e. The van der Waals surface area contributed by atoms with Crippen LogP contribution in [0, 0.1) is 0 Å². The van der Waals surface area contributed by atoms with Crippen molar-refractivity contribution < 1.29 is 19.0 Å². The van der Waals surface area contributed by atoms with E-state index in [1.165, 1.54) is 0 Å². The van der Waals surface area contributed by atoms with E-state index in [4.69, 9.17) is 14.2 Å². The van der Waals surface area contributed by atoms with Crippen LogP contribution < -0.4 is 25.6 Å². The van der Waals surface area contributed by atoms with Crippen molar-refractivity contribution in [3.05, 3.63) is 72.2 Å². The molecule has 5 rings (SSSR count). The van der Waals surface area contributed by atoms with Crippen LogP contribution in [-0.4, -0.2) is 57.6 Å². The normalized spacial score (nSPS) is 15.3. The molecule has 1 saturated heterocycles. The fraction of sp³-hybridized carbons (Fsp3) is 0.250. The molecule has 0 saturated carbocycles. The van der Waals surface area contributed by atoms with Crippen LogP contribution in [0.2, 0.25) is 0 Å². The van der Waals surface area contributed by atoms with E-state index in [1.807, 2.05) is 48.5 Å². The van der Waals surface area contributed by atoms with Crippen LogP contribution >= 0.6 is 0 Å². The molecule has 0 aliphatic carbocycles. The Balaban J connectivity index is 1.13. The van der Waals surface area contributed by atoms with Crippen LogP contribution in [0.25, 0.3) is 10.9 Å². The summed E-state index contributed by atoms with van der Waals surface area (Å²) in [5, 5.41) is 19.8. The SMILES string of the molecule is O=C(COc1ccnc2cc(OCc3ccccc3)ccc12)NNc1nnc(C2CNCCO2)nn1. The molecule has 3 N–H and O–H groups in total.